The maximum atomic E-state index is 13.4. The average molecular weight is 274 g/mol. The van der Waals surface area contributed by atoms with Crippen LogP contribution in [0.25, 0.3) is 10.2 Å². The van der Waals surface area contributed by atoms with Crippen molar-refractivity contribution in [3.8, 4) is 0 Å². The van der Waals surface area contributed by atoms with Crippen LogP contribution in [0.5, 0.6) is 0 Å². The molecule has 6 heteroatoms. The van der Waals surface area contributed by atoms with Gasteiger partial charge >= 0.3 is 0 Å². The van der Waals surface area contributed by atoms with Crippen molar-refractivity contribution in [2.24, 2.45) is 5.92 Å². The molecule has 0 bridgehead atoms. The van der Waals surface area contributed by atoms with Crippen LogP contribution in [0.4, 0.5) is 15.2 Å². The molecular weight excluding hydrogens is 261 g/mol. The Kier molecular flexibility index (Phi) is 3.40. The molecule has 0 fully saturated rings. The maximum Gasteiger partial charge on any atom is 0.183 e. The van der Waals surface area contributed by atoms with E-state index in [0.717, 1.165) is 6.54 Å². The van der Waals surface area contributed by atoms with Crippen LogP contribution in [0.2, 0.25) is 5.02 Å². The first-order valence-electron chi connectivity index (χ1n) is 5.27. The molecule has 0 saturated carbocycles. The third kappa shape index (κ3) is 2.45. The predicted octanol–water partition coefficient (Wildman–Crippen LogP) is 3.74. The molecular formula is C11H13ClFN3S. The van der Waals surface area contributed by atoms with E-state index in [4.69, 9.17) is 17.3 Å². The van der Waals surface area contributed by atoms with Crippen molar-refractivity contribution < 1.29 is 4.39 Å². The van der Waals surface area contributed by atoms with Gasteiger partial charge in [0.25, 0.3) is 0 Å². The summed E-state index contributed by atoms with van der Waals surface area (Å²) < 4.78 is 14.0. The smallest absolute Gasteiger partial charge is 0.183 e. The third-order valence-electron chi connectivity index (χ3n) is 2.27. The largest absolute Gasteiger partial charge is 0.395 e. The molecule has 3 N–H and O–H groups in total. The van der Waals surface area contributed by atoms with E-state index in [1.165, 1.54) is 17.4 Å². The topological polar surface area (TPSA) is 50.9 Å². The number of fused-ring (bicyclic) bond motifs is 1. The second kappa shape index (κ2) is 4.66. The average Bonchev–Trinajstić information content (AvgIpc) is 2.68. The number of hydrogen-bond donors (Lipinski definition) is 2. The Morgan fingerprint density at radius 1 is 1.59 bits per heavy atom. The van der Waals surface area contributed by atoms with Gasteiger partial charge in [0.1, 0.15) is 11.3 Å². The molecule has 0 aliphatic carbocycles. The third-order valence-corrected chi connectivity index (χ3v) is 3.60. The van der Waals surface area contributed by atoms with Gasteiger partial charge in [-0.1, -0.05) is 36.8 Å². The number of halogens is 2. The van der Waals surface area contributed by atoms with E-state index in [0.29, 0.717) is 26.3 Å². The van der Waals surface area contributed by atoms with Crippen molar-refractivity contribution >= 4 is 44.0 Å². The summed E-state index contributed by atoms with van der Waals surface area (Å²) in [6.07, 6.45) is 0. The first-order chi connectivity index (χ1) is 7.99. The van der Waals surface area contributed by atoms with Gasteiger partial charge in [0.2, 0.25) is 0 Å². The number of nitrogens with two attached hydrogens (primary N) is 1. The fraction of sp³-hybridized carbons (Fsp3) is 0.364. The molecule has 92 valence electrons. The van der Waals surface area contributed by atoms with Gasteiger partial charge in [-0.15, -0.1) is 0 Å². The lowest BCUT2D eigenvalue weighted by molar-refractivity contribution is 0.634. The van der Waals surface area contributed by atoms with Crippen LogP contribution in [0, 0.1) is 11.7 Å². The number of hydrogen-bond acceptors (Lipinski definition) is 4. The lowest BCUT2D eigenvalue weighted by Gasteiger charge is -2.03. The molecule has 1 aromatic carbocycles. The van der Waals surface area contributed by atoms with Crippen molar-refractivity contribution in [1.82, 2.24) is 4.98 Å². The highest BCUT2D eigenvalue weighted by Crippen LogP contribution is 2.36. The summed E-state index contributed by atoms with van der Waals surface area (Å²) in [7, 11) is 0. The van der Waals surface area contributed by atoms with Gasteiger partial charge in [-0.3, -0.25) is 0 Å². The Labute approximate surface area is 108 Å². The first-order valence-corrected chi connectivity index (χ1v) is 6.46. The molecule has 0 spiro atoms. The summed E-state index contributed by atoms with van der Waals surface area (Å²) >= 11 is 7.25. The fourth-order valence-electron chi connectivity index (χ4n) is 1.40. The van der Waals surface area contributed by atoms with Crippen LogP contribution in [0.1, 0.15) is 13.8 Å². The Hall–Kier alpha value is -1.07. The van der Waals surface area contributed by atoms with Crippen LogP contribution in [0.15, 0.2) is 6.07 Å². The molecule has 2 aromatic rings. The Balaban J connectivity index is 2.43. The minimum Gasteiger partial charge on any atom is -0.395 e. The minimum atomic E-state index is -0.499. The molecule has 1 heterocycles. The number of benzene rings is 1. The molecule has 0 amide bonds. The van der Waals surface area contributed by atoms with Gasteiger partial charge in [-0.2, -0.15) is 0 Å². The first kappa shape index (κ1) is 12.4. The molecule has 0 aliphatic rings. The molecule has 3 nitrogen and oxygen atoms in total. The van der Waals surface area contributed by atoms with Crippen LogP contribution >= 0.6 is 22.9 Å². The summed E-state index contributed by atoms with van der Waals surface area (Å²) in [6, 6.07) is 1.20. The summed E-state index contributed by atoms with van der Waals surface area (Å²) in [5.74, 6) is 0.00752. The lowest BCUT2D eigenvalue weighted by Crippen LogP contribution is -2.07. The molecule has 0 aliphatic heterocycles. The van der Waals surface area contributed by atoms with Crippen LogP contribution in [0.3, 0.4) is 0 Å². The van der Waals surface area contributed by atoms with Crippen molar-refractivity contribution in [2.45, 2.75) is 13.8 Å². The van der Waals surface area contributed by atoms with E-state index < -0.39 is 5.82 Å². The van der Waals surface area contributed by atoms with Gasteiger partial charge < -0.3 is 11.1 Å². The number of thiazole rings is 1. The number of aromatic nitrogens is 1. The highest BCUT2D eigenvalue weighted by molar-refractivity contribution is 7.22. The number of nitrogens with zero attached hydrogens (tertiary/aromatic N) is 1. The van der Waals surface area contributed by atoms with Crippen molar-refractivity contribution in [3.63, 3.8) is 0 Å². The highest BCUT2D eigenvalue weighted by Gasteiger charge is 2.14. The van der Waals surface area contributed by atoms with Crippen LogP contribution in [-0.4, -0.2) is 11.5 Å². The van der Waals surface area contributed by atoms with Crippen LogP contribution in [-0.2, 0) is 0 Å². The van der Waals surface area contributed by atoms with Crippen molar-refractivity contribution in [2.75, 3.05) is 17.6 Å². The lowest BCUT2D eigenvalue weighted by atomic mass is 10.2. The van der Waals surface area contributed by atoms with Gasteiger partial charge in [0, 0.05) is 6.54 Å². The zero-order valence-corrected chi connectivity index (χ0v) is 11.1. The van der Waals surface area contributed by atoms with Crippen molar-refractivity contribution in [1.29, 1.82) is 0 Å². The zero-order chi connectivity index (χ0) is 12.6. The molecule has 0 radical (unpaired) electrons. The van der Waals surface area contributed by atoms with E-state index in [1.807, 2.05) is 0 Å². The van der Waals surface area contributed by atoms with E-state index in [1.54, 1.807) is 0 Å². The van der Waals surface area contributed by atoms with E-state index in [9.17, 15) is 4.39 Å². The van der Waals surface area contributed by atoms with E-state index in [-0.39, 0.29) is 5.69 Å². The van der Waals surface area contributed by atoms with Gasteiger partial charge in [0.05, 0.1) is 15.4 Å². The second-order valence-electron chi connectivity index (χ2n) is 4.23. The molecule has 17 heavy (non-hydrogen) atoms. The number of rotatable bonds is 3. The normalized spacial score (nSPS) is 11.4. The molecule has 0 unspecified atom stereocenters. The summed E-state index contributed by atoms with van der Waals surface area (Å²) in [5, 5.41) is 4.19. The van der Waals surface area contributed by atoms with Crippen molar-refractivity contribution in [3.05, 3.63) is 16.9 Å². The number of nitrogen functional groups attached to an aromatic ring is 1. The molecule has 2 rings (SSSR count). The number of nitrogens with one attached hydrogen (secondary N) is 1. The van der Waals surface area contributed by atoms with Gasteiger partial charge in [0.15, 0.2) is 5.13 Å². The van der Waals surface area contributed by atoms with E-state index >= 15 is 0 Å². The Morgan fingerprint density at radius 3 is 2.94 bits per heavy atom. The van der Waals surface area contributed by atoms with Gasteiger partial charge in [-0.25, -0.2) is 9.37 Å². The van der Waals surface area contributed by atoms with Gasteiger partial charge in [-0.05, 0) is 12.0 Å². The van der Waals surface area contributed by atoms with E-state index in [2.05, 4.69) is 24.1 Å². The second-order valence-corrected chi connectivity index (χ2v) is 5.63. The van der Waals surface area contributed by atoms with Crippen LogP contribution < -0.4 is 11.1 Å². The minimum absolute atomic E-state index is 0.111. The molecule has 1 aromatic heterocycles. The fourth-order valence-corrected chi connectivity index (χ4v) is 2.63. The highest BCUT2D eigenvalue weighted by atomic mass is 35.5. The summed E-state index contributed by atoms with van der Waals surface area (Å²) in [4.78, 5) is 4.31. The summed E-state index contributed by atoms with van der Waals surface area (Å²) in [5.41, 5.74) is 6.33. The monoisotopic (exact) mass is 273 g/mol. The quantitative estimate of drug-likeness (QED) is 0.838. The molecule has 0 atom stereocenters. The zero-order valence-electron chi connectivity index (χ0n) is 9.55. The predicted molar refractivity (Wildman–Crippen MR) is 72.3 cm³/mol. The molecule has 0 saturated heterocycles. The Bertz CT molecular complexity index is 553. The SMILES string of the molecule is CC(C)CNc1nc2c(Cl)cc(F)c(N)c2s1. The standard InChI is InChI=1S/C11H13ClFN3S/c1-5(2)4-15-11-16-9-6(12)3-7(13)8(14)10(9)17-11/h3,5H,4,14H2,1-2H3,(H,15,16). The number of anilines is 2. The maximum absolute atomic E-state index is 13.4. The Morgan fingerprint density at radius 2 is 2.29 bits per heavy atom. The summed E-state index contributed by atoms with van der Waals surface area (Å²) in [6.45, 7) is 5.00.